The highest BCUT2D eigenvalue weighted by atomic mass is 16.1. The average Bonchev–Trinajstić information content (AvgIpc) is 2.48. The molecule has 1 heterocycles. The quantitative estimate of drug-likeness (QED) is 0.370. The van der Waals surface area contributed by atoms with Crippen LogP contribution in [-0.4, -0.2) is 37.7 Å². The zero-order valence-electron chi connectivity index (χ0n) is 8.12. The van der Waals surface area contributed by atoms with Crippen LogP contribution in [-0.2, 0) is 4.79 Å². The van der Waals surface area contributed by atoms with E-state index in [0.717, 1.165) is 18.5 Å². The molecule has 1 aliphatic rings. The predicted octanol–water partition coefficient (Wildman–Crippen LogP) is 1.22. The number of isocyanates is 1. The van der Waals surface area contributed by atoms with Crippen molar-refractivity contribution in [3.05, 3.63) is 12.2 Å². The summed E-state index contributed by atoms with van der Waals surface area (Å²) in [7, 11) is 2.13. The van der Waals surface area contributed by atoms with Gasteiger partial charge in [-0.3, -0.25) is 0 Å². The Bertz CT molecular complexity index is 231. The van der Waals surface area contributed by atoms with Crippen molar-refractivity contribution in [1.29, 1.82) is 0 Å². The topological polar surface area (TPSA) is 32.7 Å². The van der Waals surface area contributed by atoms with Crippen LogP contribution in [0.2, 0.25) is 0 Å². The second-order valence-corrected chi connectivity index (χ2v) is 3.78. The van der Waals surface area contributed by atoms with Crippen molar-refractivity contribution in [3.8, 4) is 0 Å². The summed E-state index contributed by atoms with van der Waals surface area (Å²) in [6, 6.07) is 0. The van der Waals surface area contributed by atoms with Gasteiger partial charge in [-0.15, -0.1) is 0 Å². The van der Waals surface area contributed by atoms with Crippen LogP contribution in [0.25, 0.3) is 0 Å². The molecule has 0 bridgehead atoms. The van der Waals surface area contributed by atoms with Gasteiger partial charge in [0.2, 0.25) is 6.08 Å². The van der Waals surface area contributed by atoms with E-state index in [0.29, 0.717) is 12.5 Å². The van der Waals surface area contributed by atoms with E-state index in [9.17, 15) is 4.79 Å². The molecule has 0 radical (unpaired) electrons. The molecule has 0 N–H and O–H groups in total. The van der Waals surface area contributed by atoms with Crippen LogP contribution in [0.1, 0.15) is 12.8 Å². The molecule has 0 aromatic heterocycles. The van der Waals surface area contributed by atoms with Gasteiger partial charge < -0.3 is 4.90 Å². The maximum Gasteiger partial charge on any atom is 0.235 e. The molecule has 13 heavy (non-hydrogen) atoms. The molecule has 3 heteroatoms. The monoisotopic (exact) mass is 180 g/mol. The molecule has 1 fully saturated rings. The van der Waals surface area contributed by atoms with Crippen molar-refractivity contribution in [2.75, 3.05) is 26.7 Å². The van der Waals surface area contributed by atoms with Gasteiger partial charge in [0, 0.05) is 6.54 Å². The lowest BCUT2D eigenvalue weighted by atomic mass is 10.00. The van der Waals surface area contributed by atoms with E-state index in [1.165, 1.54) is 19.0 Å². The van der Waals surface area contributed by atoms with Crippen LogP contribution >= 0.6 is 0 Å². The van der Waals surface area contributed by atoms with E-state index in [-0.39, 0.29) is 0 Å². The smallest absolute Gasteiger partial charge is 0.235 e. The summed E-state index contributed by atoms with van der Waals surface area (Å²) >= 11 is 0. The Hall–Kier alpha value is -0.920. The van der Waals surface area contributed by atoms with Crippen LogP contribution in [0.4, 0.5) is 0 Å². The molecule has 0 amide bonds. The van der Waals surface area contributed by atoms with Gasteiger partial charge in [0.15, 0.2) is 0 Å². The minimum absolute atomic E-state index is 0.448. The van der Waals surface area contributed by atoms with Crippen molar-refractivity contribution < 1.29 is 4.79 Å². The molecule has 1 rings (SSSR count). The zero-order valence-corrected chi connectivity index (χ0v) is 8.12. The first kappa shape index (κ1) is 10.2. The van der Waals surface area contributed by atoms with Crippen molar-refractivity contribution in [3.63, 3.8) is 0 Å². The molecular formula is C10H16N2O. The molecule has 0 aromatic carbocycles. The van der Waals surface area contributed by atoms with Crippen molar-refractivity contribution in [2.24, 2.45) is 10.9 Å². The minimum Gasteiger partial charge on any atom is -0.306 e. The van der Waals surface area contributed by atoms with Crippen LogP contribution < -0.4 is 0 Å². The number of likely N-dealkylation sites (tertiary alicyclic amines) is 1. The molecule has 72 valence electrons. The van der Waals surface area contributed by atoms with E-state index < -0.39 is 0 Å². The summed E-state index contributed by atoms with van der Waals surface area (Å²) in [5.74, 6) is 0.708. The molecule has 0 spiro atoms. The minimum atomic E-state index is 0.448. The third-order valence-corrected chi connectivity index (χ3v) is 2.43. The molecule has 3 nitrogen and oxygen atoms in total. The average molecular weight is 180 g/mol. The third-order valence-electron chi connectivity index (χ3n) is 2.43. The lowest BCUT2D eigenvalue weighted by Crippen LogP contribution is -2.14. The van der Waals surface area contributed by atoms with Gasteiger partial charge in [-0.25, -0.2) is 9.79 Å². The first-order valence-electron chi connectivity index (χ1n) is 4.61. The molecule has 1 saturated heterocycles. The second kappa shape index (κ2) is 4.95. The molecule has 1 atom stereocenters. The Kier molecular flexibility index (Phi) is 3.87. The number of rotatable bonds is 4. The van der Waals surface area contributed by atoms with Gasteiger partial charge in [0.05, 0.1) is 6.54 Å². The normalized spacial score (nSPS) is 22.7. The van der Waals surface area contributed by atoms with E-state index in [1.807, 2.05) is 0 Å². The maximum absolute atomic E-state index is 9.86. The van der Waals surface area contributed by atoms with E-state index in [1.54, 1.807) is 0 Å². The highest BCUT2D eigenvalue weighted by molar-refractivity contribution is 5.33. The lowest BCUT2D eigenvalue weighted by molar-refractivity contribution is 0.394. The highest BCUT2D eigenvalue weighted by Gasteiger charge is 2.19. The Morgan fingerprint density at radius 2 is 2.54 bits per heavy atom. The summed E-state index contributed by atoms with van der Waals surface area (Å²) < 4.78 is 0. The number of aliphatic imine (C=N–C) groups is 1. The van der Waals surface area contributed by atoms with Crippen molar-refractivity contribution in [1.82, 2.24) is 4.90 Å². The van der Waals surface area contributed by atoms with Crippen LogP contribution in [0.5, 0.6) is 0 Å². The van der Waals surface area contributed by atoms with E-state index >= 15 is 0 Å². The number of hydrogen-bond acceptors (Lipinski definition) is 3. The maximum atomic E-state index is 9.86. The Labute approximate surface area is 79.1 Å². The van der Waals surface area contributed by atoms with Gasteiger partial charge in [-0.1, -0.05) is 12.2 Å². The van der Waals surface area contributed by atoms with Gasteiger partial charge in [-0.05, 0) is 32.4 Å². The number of nitrogens with zero attached hydrogens (tertiary/aromatic N) is 2. The molecule has 0 aliphatic carbocycles. The fraction of sp³-hybridized carbons (Fsp3) is 0.700. The summed E-state index contributed by atoms with van der Waals surface area (Å²) in [6.45, 7) is 6.66. The zero-order chi connectivity index (χ0) is 9.68. The van der Waals surface area contributed by atoms with E-state index in [2.05, 4.69) is 23.5 Å². The van der Waals surface area contributed by atoms with Crippen LogP contribution in [0.15, 0.2) is 17.1 Å². The molecular weight excluding hydrogens is 164 g/mol. The first-order chi connectivity index (χ1) is 6.22. The van der Waals surface area contributed by atoms with Crippen LogP contribution in [0.3, 0.4) is 0 Å². The van der Waals surface area contributed by atoms with Gasteiger partial charge >= 0.3 is 0 Å². The predicted molar refractivity (Wildman–Crippen MR) is 52.3 cm³/mol. The Balaban J connectivity index is 2.24. The molecule has 1 aliphatic heterocycles. The Morgan fingerprint density at radius 1 is 1.77 bits per heavy atom. The SMILES string of the molecule is C=C(CN=C=O)CC1CCN(C)C1. The van der Waals surface area contributed by atoms with Gasteiger partial charge in [0.1, 0.15) is 0 Å². The second-order valence-electron chi connectivity index (χ2n) is 3.78. The molecule has 0 aromatic rings. The van der Waals surface area contributed by atoms with Gasteiger partial charge in [0.25, 0.3) is 0 Å². The standard InChI is InChI=1S/C10H16N2O/c1-9(6-11-8-13)5-10-3-4-12(2)7-10/h10H,1,3-7H2,2H3. The largest absolute Gasteiger partial charge is 0.306 e. The Morgan fingerprint density at radius 3 is 3.08 bits per heavy atom. The first-order valence-corrected chi connectivity index (χ1v) is 4.61. The lowest BCUT2D eigenvalue weighted by Gasteiger charge is -2.10. The summed E-state index contributed by atoms with van der Waals surface area (Å²) in [6.07, 6.45) is 3.77. The van der Waals surface area contributed by atoms with Crippen LogP contribution in [0, 0.1) is 5.92 Å². The number of carbonyl (C=O) groups excluding carboxylic acids is 1. The number of hydrogen-bond donors (Lipinski definition) is 0. The summed E-state index contributed by atoms with van der Waals surface area (Å²) in [5, 5.41) is 0. The van der Waals surface area contributed by atoms with Crippen molar-refractivity contribution >= 4 is 6.08 Å². The third kappa shape index (κ3) is 3.53. The van der Waals surface area contributed by atoms with Gasteiger partial charge in [-0.2, -0.15) is 0 Å². The van der Waals surface area contributed by atoms with E-state index in [4.69, 9.17) is 0 Å². The molecule has 0 saturated carbocycles. The fourth-order valence-corrected chi connectivity index (χ4v) is 1.81. The fourth-order valence-electron chi connectivity index (χ4n) is 1.81. The van der Waals surface area contributed by atoms with Crippen molar-refractivity contribution in [2.45, 2.75) is 12.8 Å². The highest BCUT2D eigenvalue weighted by Crippen LogP contribution is 2.21. The molecule has 1 unspecified atom stereocenters. The summed E-state index contributed by atoms with van der Waals surface area (Å²) in [4.78, 5) is 15.7. The summed E-state index contributed by atoms with van der Waals surface area (Å²) in [5.41, 5.74) is 1.05.